The largest absolute Gasteiger partial charge is 0.481 e. The highest BCUT2D eigenvalue weighted by molar-refractivity contribution is 7.88. The standard InChI is InChI=1S/C11H18N2O5S/c1-19(17,18)13-3-2-7(6-13)5-12-10(14)8-4-9(8)11(15)16/h7-9H,2-6H2,1H3,(H,12,14)(H,15,16). The van der Waals surface area contributed by atoms with Crippen molar-refractivity contribution < 1.29 is 23.1 Å². The van der Waals surface area contributed by atoms with Gasteiger partial charge in [-0.25, -0.2) is 12.7 Å². The highest BCUT2D eigenvalue weighted by atomic mass is 32.2. The lowest BCUT2D eigenvalue weighted by atomic mass is 10.1. The van der Waals surface area contributed by atoms with Crippen molar-refractivity contribution in [1.82, 2.24) is 9.62 Å². The number of hydrogen-bond acceptors (Lipinski definition) is 4. The van der Waals surface area contributed by atoms with Crippen LogP contribution in [0.3, 0.4) is 0 Å². The fraction of sp³-hybridized carbons (Fsp3) is 0.818. The lowest BCUT2D eigenvalue weighted by molar-refractivity contribution is -0.140. The van der Waals surface area contributed by atoms with Gasteiger partial charge in [0.1, 0.15) is 0 Å². The minimum absolute atomic E-state index is 0.112. The average molecular weight is 290 g/mol. The van der Waals surface area contributed by atoms with Crippen molar-refractivity contribution in [3.63, 3.8) is 0 Å². The highest BCUT2D eigenvalue weighted by Crippen LogP contribution is 2.38. The van der Waals surface area contributed by atoms with E-state index >= 15 is 0 Å². The van der Waals surface area contributed by atoms with Gasteiger partial charge in [-0.2, -0.15) is 0 Å². The number of nitrogens with zero attached hydrogens (tertiary/aromatic N) is 1. The molecule has 0 aromatic rings. The van der Waals surface area contributed by atoms with Crippen LogP contribution in [0.4, 0.5) is 0 Å². The minimum atomic E-state index is -3.16. The van der Waals surface area contributed by atoms with Crippen LogP contribution in [-0.2, 0) is 19.6 Å². The average Bonchev–Trinajstić information content (AvgIpc) is 2.96. The van der Waals surface area contributed by atoms with E-state index in [2.05, 4.69) is 5.32 Å². The summed E-state index contributed by atoms with van der Waals surface area (Å²) in [6.45, 7) is 1.32. The van der Waals surface area contributed by atoms with Gasteiger partial charge >= 0.3 is 5.97 Å². The molecule has 19 heavy (non-hydrogen) atoms. The molecule has 1 amide bonds. The van der Waals surface area contributed by atoms with E-state index in [-0.39, 0.29) is 11.8 Å². The van der Waals surface area contributed by atoms with Crippen LogP contribution < -0.4 is 5.32 Å². The zero-order valence-electron chi connectivity index (χ0n) is 10.7. The zero-order valence-corrected chi connectivity index (χ0v) is 11.5. The van der Waals surface area contributed by atoms with Crippen molar-refractivity contribution in [2.45, 2.75) is 12.8 Å². The van der Waals surface area contributed by atoms with Crippen LogP contribution in [0.1, 0.15) is 12.8 Å². The third-order valence-electron chi connectivity index (χ3n) is 3.73. The Morgan fingerprint density at radius 2 is 2.05 bits per heavy atom. The maximum atomic E-state index is 11.6. The molecule has 7 nitrogen and oxygen atoms in total. The molecule has 8 heteroatoms. The summed E-state index contributed by atoms with van der Waals surface area (Å²) < 4.78 is 24.1. The Balaban J connectivity index is 1.73. The summed E-state index contributed by atoms with van der Waals surface area (Å²) in [5.41, 5.74) is 0. The van der Waals surface area contributed by atoms with Gasteiger partial charge in [-0.05, 0) is 18.8 Å². The molecule has 3 atom stereocenters. The van der Waals surface area contributed by atoms with Crippen LogP contribution in [0.2, 0.25) is 0 Å². The number of aliphatic carboxylic acids is 1. The van der Waals surface area contributed by atoms with Crippen LogP contribution >= 0.6 is 0 Å². The van der Waals surface area contributed by atoms with Crippen LogP contribution in [0.25, 0.3) is 0 Å². The molecule has 3 unspecified atom stereocenters. The zero-order chi connectivity index (χ0) is 14.2. The summed E-state index contributed by atoms with van der Waals surface area (Å²) >= 11 is 0. The van der Waals surface area contributed by atoms with E-state index in [4.69, 9.17) is 5.11 Å². The minimum Gasteiger partial charge on any atom is -0.481 e. The second kappa shape index (κ2) is 5.09. The summed E-state index contributed by atoms with van der Waals surface area (Å²) in [7, 11) is -3.16. The molecule has 1 saturated heterocycles. The summed E-state index contributed by atoms with van der Waals surface area (Å²) in [4.78, 5) is 22.3. The second-order valence-electron chi connectivity index (χ2n) is 5.31. The van der Waals surface area contributed by atoms with E-state index in [0.29, 0.717) is 26.1 Å². The van der Waals surface area contributed by atoms with Crippen LogP contribution in [0.5, 0.6) is 0 Å². The molecule has 2 aliphatic rings. The molecule has 0 aromatic carbocycles. The monoisotopic (exact) mass is 290 g/mol. The molecule has 2 N–H and O–H groups in total. The Hall–Kier alpha value is -1.15. The maximum Gasteiger partial charge on any atom is 0.307 e. The Bertz CT molecular complexity index is 489. The van der Waals surface area contributed by atoms with E-state index in [0.717, 1.165) is 6.42 Å². The molecule has 2 rings (SSSR count). The molecule has 1 heterocycles. The van der Waals surface area contributed by atoms with Gasteiger partial charge in [-0.1, -0.05) is 0 Å². The topological polar surface area (TPSA) is 104 Å². The molecule has 1 aliphatic carbocycles. The molecule has 0 bridgehead atoms. The van der Waals surface area contributed by atoms with Gasteiger partial charge < -0.3 is 10.4 Å². The van der Waals surface area contributed by atoms with Gasteiger partial charge in [0.15, 0.2) is 0 Å². The lowest BCUT2D eigenvalue weighted by Crippen LogP contribution is -2.33. The van der Waals surface area contributed by atoms with Gasteiger partial charge in [0, 0.05) is 19.6 Å². The normalized spacial score (nSPS) is 31.1. The first-order valence-electron chi connectivity index (χ1n) is 6.24. The lowest BCUT2D eigenvalue weighted by Gasteiger charge is -2.13. The molecule has 108 valence electrons. The van der Waals surface area contributed by atoms with Crippen molar-refractivity contribution in [1.29, 1.82) is 0 Å². The summed E-state index contributed by atoms with van der Waals surface area (Å²) in [5.74, 6) is -2.00. The summed E-state index contributed by atoms with van der Waals surface area (Å²) in [6.07, 6.45) is 2.30. The number of sulfonamides is 1. The Morgan fingerprint density at radius 3 is 2.53 bits per heavy atom. The first kappa shape index (κ1) is 14.3. The van der Waals surface area contributed by atoms with E-state index in [1.54, 1.807) is 0 Å². The van der Waals surface area contributed by atoms with Gasteiger partial charge in [0.05, 0.1) is 18.1 Å². The summed E-state index contributed by atoms with van der Waals surface area (Å²) in [6, 6.07) is 0. The number of carbonyl (C=O) groups is 2. The predicted octanol–water partition coefficient (Wildman–Crippen LogP) is -0.895. The van der Waals surface area contributed by atoms with Crippen molar-refractivity contribution in [3.8, 4) is 0 Å². The van der Waals surface area contributed by atoms with Crippen LogP contribution in [-0.4, -0.2) is 55.6 Å². The fourth-order valence-electron chi connectivity index (χ4n) is 2.40. The van der Waals surface area contributed by atoms with Crippen molar-refractivity contribution in [2.24, 2.45) is 17.8 Å². The highest BCUT2D eigenvalue weighted by Gasteiger charge is 2.48. The van der Waals surface area contributed by atoms with E-state index in [1.165, 1.54) is 10.6 Å². The first-order valence-corrected chi connectivity index (χ1v) is 8.09. The first-order chi connectivity index (χ1) is 8.79. The molecule has 2 fully saturated rings. The molecule has 0 aromatic heterocycles. The Morgan fingerprint density at radius 1 is 1.37 bits per heavy atom. The number of hydrogen-bond donors (Lipinski definition) is 2. The quantitative estimate of drug-likeness (QED) is 0.683. The summed E-state index contributed by atoms with van der Waals surface area (Å²) in [5, 5.41) is 11.4. The molecule has 1 aliphatic heterocycles. The van der Waals surface area contributed by atoms with Gasteiger partial charge in [0.2, 0.25) is 15.9 Å². The smallest absolute Gasteiger partial charge is 0.307 e. The van der Waals surface area contributed by atoms with Gasteiger partial charge in [-0.3, -0.25) is 9.59 Å². The number of carboxylic acids is 1. The molecule has 0 radical (unpaired) electrons. The van der Waals surface area contributed by atoms with Crippen molar-refractivity contribution in [3.05, 3.63) is 0 Å². The number of amides is 1. The van der Waals surface area contributed by atoms with E-state index < -0.39 is 27.8 Å². The molecule has 1 saturated carbocycles. The Labute approximate surface area is 112 Å². The second-order valence-corrected chi connectivity index (χ2v) is 7.29. The van der Waals surface area contributed by atoms with Crippen molar-refractivity contribution >= 4 is 21.9 Å². The molecule has 0 spiro atoms. The predicted molar refractivity (Wildman–Crippen MR) is 66.8 cm³/mol. The van der Waals surface area contributed by atoms with Gasteiger partial charge in [-0.15, -0.1) is 0 Å². The number of carbonyl (C=O) groups excluding carboxylic acids is 1. The molecular formula is C11H18N2O5S. The third-order valence-corrected chi connectivity index (χ3v) is 5.00. The fourth-order valence-corrected chi connectivity index (χ4v) is 3.32. The van der Waals surface area contributed by atoms with Crippen molar-refractivity contribution in [2.75, 3.05) is 25.9 Å². The van der Waals surface area contributed by atoms with Crippen LogP contribution in [0.15, 0.2) is 0 Å². The third kappa shape index (κ3) is 3.44. The Kier molecular flexibility index (Phi) is 3.82. The van der Waals surface area contributed by atoms with E-state index in [1.807, 2.05) is 0 Å². The number of carboxylic acid groups (broad SMARTS) is 1. The van der Waals surface area contributed by atoms with E-state index in [9.17, 15) is 18.0 Å². The SMILES string of the molecule is CS(=O)(=O)N1CCC(CNC(=O)C2CC2C(=O)O)C1. The number of rotatable bonds is 5. The maximum absolute atomic E-state index is 11.6. The van der Waals surface area contributed by atoms with Gasteiger partial charge in [0.25, 0.3) is 0 Å². The van der Waals surface area contributed by atoms with Crippen LogP contribution in [0, 0.1) is 17.8 Å². The number of nitrogens with one attached hydrogen (secondary N) is 1. The molecular weight excluding hydrogens is 272 g/mol.